The van der Waals surface area contributed by atoms with Crippen molar-refractivity contribution < 1.29 is 18.5 Å². The number of nitrogens with zero attached hydrogens (tertiary/aromatic N) is 3. The number of anilines is 1. The molecule has 7 nitrogen and oxygen atoms in total. The number of rotatable bonds is 3. The number of carbonyl (C=O) groups is 2. The molecule has 10 heteroatoms. The second kappa shape index (κ2) is 7.33. The third-order valence-corrected chi connectivity index (χ3v) is 5.59. The molecule has 0 aliphatic carbocycles. The monoisotopic (exact) mass is 420 g/mol. The van der Waals surface area contributed by atoms with Crippen molar-refractivity contribution in [2.24, 2.45) is 0 Å². The number of hydrogen-bond acceptors (Lipinski definition) is 6. The summed E-state index contributed by atoms with van der Waals surface area (Å²) in [6.07, 6.45) is 0.503. The third-order valence-electron chi connectivity index (χ3n) is 4.28. The first-order chi connectivity index (χ1) is 13.4. The highest BCUT2D eigenvalue weighted by atomic mass is 35.5. The van der Waals surface area contributed by atoms with Gasteiger partial charge in [-0.25, -0.2) is 9.37 Å². The fourth-order valence-electron chi connectivity index (χ4n) is 2.92. The summed E-state index contributed by atoms with van der Waals surface area (Å²) < 4.78 is 19.0. The van der Waals surface area contributed by atoms with Gasteiger partial charge in [0.1, 0.15) is 11.6 Å². The molecule has 0 atom stereocenters. The summed E-state index contributed by atoms with van der Waals surface area (Å²) in [5.74, 6) is -1.01. The maximum absolute atomic E-state index is 14.1. The van der Waals surface area contributed by atoms with Crippen LogP contribution in [-0.4, -0.2) is 33.4 Å². The lowest BCUT2D eigenvalue weighted by Gasteiger charge is -2.26. The quantitative estimate of drug-likeness (QED) is 0.698. The first kappa shape index (κ1) is 18.6. The topological polar surface area (TPSA) is 88.3 Å². The van der Waals surface area contributed by atoms with E-state index in [-0.39, 0.29) is 22.8 Å². The molecule has 28 heavy (non-hydrogen) atoms. The van der Waals surface area contributed by atoms with Crippen LogP contribution in [0.15, 0.2) is 28.8 Å². The van der Waals surface area contributed by atoms with Gasteiger partial charge in [0.05, 0.1) is 22.8 Å². The van der Waals surface area contributed by atoms with E-state index < -0.39 is 17.6 Å². The van der Waals surface area contributed by atoms with Gasteiger partial charge in [0.2, 0.25) is 0 Å². The summed E-state index contributed by atoms with van der Waals surface area (Å²) in [5.41, 5.74) is 0.837. The molecule has 1 N–H and O–H groups in total. The SMILES string of the molecule is Cc1cc(C(=O)Nc2nc3c(s2)CN(C(=O)c2c(F)cccc2Cl)CC3)no1. The number of benzene rings is 1. The van der Waals surface area contributed by atoms with Crippen molar-refractivity contribution >= 4 is 39.9 Å². The third kappa shape index (κ3) is 3.50. The zero-order chi connectivity index (χ0) is 19.8. The molecule has 0 saturated carbocycles. The maximum Gasteiger partial charge on any atom is 0.279 e. The van der Waals surface area contributed by atoms with Crippen molar-refractivity contribution in [2.45, 2.75) is 19.9 Å². The fourth-order valence-corrected chi connectivity index (χ4v) is 4.18. The lowest BCUT2D eigenvalue weighted by Crippen LogP contribution is -2.36. The molecular weight excluding hydrogens is 407 g/mol. The Labute approximate surface area is 168 Å². The second-order valence-electron chi connectivity index (χ2n) is 6.24. The van der Waals surface area contributed by atoms with E-state index >= 15 is 0 Å². The zero-order valence-electron chi connectivity index (χ0n) is 14.7. The summed E-state index contributed by atoms with van der Waals surface area (Å²) >= 11 is 7.27. The van der Waals surface area contributed by atoms with Gasteiger partial charge in [-0.15, -0.1) is 0 Å². The van der Waals surface area contributed by atoms with E-state index in [0.717, 1.165) is 10.6 Å². The zero-order valence-corrected chi connectivity index (χ0v) is 16.2. The molecule has 144 valence electrons. The van der Waals surface area contributed by atoms with Gasteiger partial charge in [0, 0.05) is 23.9 Å². The van der Waals surface area contributed by atoms with Crippen molar-refractivity contribution in [1.29, 1.82) is 0 Å². The number of carbonyl (C=O) groups excluding carboxylic acids is 2. The van der Waals surface area contributed by atoms with E-state index in [2.05, 4.69) is 15.5 Å². The molecule has 0 saturated heterocycles. The summed E-state index contributed by atoms with van der Waals surface area (Å²) in [4.78, 5) is 31.7. The first-order valence-electron chi connectivity index (χ1n) is 8.39. The van der Waals surface area contributed by atoms with Crippen molar-refractivity contribution in [3.63, 3.8) is 0 Å². The summed E-state index contributed by atoms with van der Waals surface area (Å²) in [6, 6.07) is 5.68. The Morgan fingerprint density at radius 3 is 2.93 bits per heavy atom. The van der Waals surface area contributed by atoms with Crippen LogP contribution in [0.5, 0.6) is 0 Å². The smallest absolute Gasteiger partial charge is 0.279 e. The van der Waals surface area contributed by atoms with Gasteiger partial charge in [0.15, 0.2) is 10.8 Å². The predicted molar refractivity (Wildman–Crippen MR) is 101 cm³/mol. The summed E-state index contributed by atoms with van der Waals surface area (Å²) in [5, 5.41) is 6.84. The highest BCUT2D eigenvalue weighted by Crippen LogP contribution is 2.30. The van der Waals surface area contributed by atoms with Crippen LogP contribution in [0.4, 0.5) is 9.52 Å². The van der Waals surface area contributed by atoms with Crippen molar-refractivity contribution in [3.8, 4) is 0 Å². The number of aryl methyl sites for hydroxylation is 1. The van der Waals surface area contributed by atoms with E-state index in [9.17, 15) is 14.0 Å². The number of nitrogens with one attached hydrogen (secondary N) is 1. The van der Waals surface area contributed by atoms with Crippen molar-refractivity contribution in [2.75, 3.05) is 11.9 Å². The van der Waals surface area contributed by atoms with Gasteiger partial charge in [-0.3, -0.25) is 14.9 Å². The molecule has 1 aliphatic rings. The average molecular weight is 421 g/mol. The second-order valence-corrected chi connectivity index (χ2v) is 7.73. The molecule has 2 aromatic heterocycles. The van der Waals surface area contributed by atoms with Gasteiger partial charge >= 0.3 is 0 Å². The summed E-state index contributed by atoms with van der Waals surface area (Å²) in [6.45, 7) is 2.35. The number of fused-ring (bicyclic) bond motifs is 1. The molecule has 0 bridgehead atoms. The first-order valence-corrected chi connectivity index (χ1v) is 9.58. The van der Waals surface area contributed by atoms with Crippen LogP contribution >= 0.6 is 22.9 Å². The van der Waals surface area contributed by atoms with Gasteiger partial charge in [-0.05, 0) is 19.1 Å². The van der Waals surface area contributed by atoms with Crippen molar-refractivity contribution in [3.05, 3.63) is 62.7 Å². The average Bonchev–Trinajstić information content (AvgIpc) is 3.26. The van der Waals surface area contributed by atoms with Crippen LogP contribution in [-0.2, 0) is 13.0 Å². The minimum atomic E-state index is -0.650. The van der Waals surface area contributed by atoms with Crippen LogP contribution in [0.25, 0.3) is 0 Å². The molecule has 0 spiro atoms. The minimum Gasteiger partial charge on any atom is -0.361 e. The van der Waals surface area contributed by atoms with Crippen LogP contribution < -0.4 is 5.32 Å². The fraction of sp³-hybridized carbons (Fsp3) is 0.222. The van der Waals surface area contributed by atoms with E-state index in [1.54, 1.807) is 6.92 Å². The Hall–Kier alpha value is -2.78. The normalized spacial score (nSPS) is 13.3. The van der Waals surface area contributed by atoms with E-state index in [0.29, 0.717) is 23.9 Å². The van der Waals surface area contributed by atoms with Crippen molar-refractivity contribution in [1.82, 2.24) is 15.0 Å². The number of hydrogen-bond donors (Lipinski definition) is 1. The van der Waals surface area contributed by atoms with Gasteiger partial charge < -0.3 is 9.42 Å². The number of thiazole rings is 1. The van der Waals surface area contributed by atoms with Gasteiger partial charge in [-0.2, -0.15) is 0 Å². The highest BCUT2D eigenvalue weighted by molar-refractivity contribution is 7.15. The molecule has 4 rings (SSSR count). The maximum atomic E-state index is 14.1. The molecule has 3 heterocycles. The Morgan fingerprint density at radius 1 is 1.39 bits per heavy atom. The molecular formula is C18H14ClFN4O3S. The van der Waals surface area contributed by atoms with Crippen LogP contribution in [0, 0.1) is 12.7 Å². The predicted octanol–water partition coefficient (Wildman–Crippen LogP) is 3.68. The van der Waals surface area contributed by atoms with Crippen LogP contribution in [0.3, 0.4) is 0 Å². The summed E-state index contributed by atoms with van der Waals surface area (Å²) in [7, 11) is 0. The molecule has 1 aromatic carbocycles. The molecule has 2 amide bonds. The van der Waals surface area contributed by atoms with E-state index in [1.165, 1.54) is 40.5 Å². The number of aromatic nitrogens is 2. The molecule has 1 aliphatic heterocycles. The minimum absolute atomic E-state index is 0.0796. The number of amides is 2. The number of halogens is 2. The van der Waals surface area contributed by atoms with Gasteiger partial charge in [0.25, 0.3) is 11.8 Å². The Bertz CT molecular complexity index is 1060. The molecule has 0 unspecified atom stereocenters. The largest absolute Gasteiger partial charge is 0.361 e. The Morgan fingerprint density at radius 2 is 2.21 bits per heavy atom. The van der Waals surface area contributed by atoms with Crippen LogP contribution in [0.2, 0.25) is 5.02 Å². The van der Waals surface area contributed by atoms with E-state index in [4.69, 9.17) is 16.1 Å². The lowest BCUT2D eigenvalue weighted by atomic mass is 10.1. The van der Waals surface area contributed by atoms with Gasteiger partial charge in [-0.1, -0.05) is 34.2 Å². The van der Waals surface area contributed by atoms with Crippen LogP contribution in [0.1, 0.15) is 37.2 Å². The highest BCUT2D eigenvalue weighted by Gasteiger charge is 2.28. The molecule has 0 radical (unpaired) electrons. The Balaban J connectivity index is 1.50. The standard InChI is InChI=1S/C18H14ClFN4O3S/c1-9-7-13(23-27-9)16(25)22-18-21-12-5-6-24(8-14(12)28-18)17(26)15-10(19)3-2-4-11(15)20/h2-4,7H,5-6,8H2,1H3,(H,21,22,25). The molecule has 3 aromatic rings. The Kier molecular flexibility index (Phi) is 4.86. The molecule has 0 fully saturated rings. The van der Waals surface area contributed by atoms with E-state index in [1.807, 2.05) is 0 Å². The lowest BCUT2D eigenvalue weighted by molar-refractivity contribution is 0.0731.